The molecule has 0 bridgehead atoms. The van der Waals surface area contributed by atoms with Gasteiger partial charge in [0.15, 0.2) is 0 Å². The Kier molecular flexibility index (Phi) is 6.96. The van der Waals surface area contributed by atoms with Crippen molar-refractivity contribution in [2.75, 3.05) is 13.1 Å². The highest BCUT2D eigenvalue weighted by Gasteiger charge is 2.21. The van der Waals surface area contributed by atoms with Gasteiger partial charge in [0.2, 0.25) is 0 Å². The van der Waals surface area contributed by atoms with Gasteiger partial charge in [-0.3, -0.25) is 0 Å². The van der Waals surface area contributed by atoms with Crippen molar-refractivity contribution in [1.82, 2.24) is 4.90 Å². The summed E-state index contributed by atoms with van der Waals surface area (Å²) in [5.41, 5.74) is 1.90. The lowest BCUT2D eigenvalue weighted by molar-refractivity contribution is 0.234. The summed E-state index contributed by atoms with van der Waals surface area (Å²) in [7, 11) is 0. The second-order valence-electron chi connectivity index (χ2n) is 7.03. The Hall–Kier alpha value is -0.460. The maximum Gasteiger partial charge on any atom is 0.0179 e. The molecule has 0 heterocycles. The van der Waals surface area contributed by atoms with Crippen molar-refractivity contribution < 1.29 is 0 Å². The molecule has 0 radical (unpaired) electrons. The molecule has 0 aliphatic heterocycles. The Bertz CT molecular complexity index is 259. The fourth-order valence-corrected chi connectivity index (χ4v) is 2.99. The smallest absolute Gasteiger partial charge is 0.0179 e. The molecule has 0 spiro atoms. The van der Waals surface area contributed by atoms with Crippen molar-refractivity contribution in [3.63, 3.8) is 0 Å². The summed E-state index contributed by atoms with van der Waals surface area (Å²) in [6.45, 7) is 16.1. The predicted molar refractivity (Wildman–Crippen MR) is 86.3 cm³/mol. The second kappa shape index (κ2) is 7.97. The zero-order valence-corrected chi connectivity index (χ0v) is 13.8. The summed E-state index contributed by atoms with van der Waals surface area (Å²) in [6, 6.07) is 0. The zero-order valence-electron chi connectivity index (χ0n) is 13.8. The van der Waals surface area contributed by atoms with Crippen LogP contribution in [0.3, 0.4) is 0 Å². The predicted octanol–water partition coefficient (Wildman–Crippen LogP) is 5.62. The first kappa shape index (κ1) is 16.6. The van der Waals surface area contributed by atoms with E-state index in [2.05, 4.69) is 39.2 Å². The van der Waals surface area contributed by atoms with E-state index in [9.17, 15) is 0 Å². The molecule has 0 aromatic rings. The van der Waals surface area contributed by atoms with Crippen molar-refractivity contribution >= 4 is 0 Å². The average Bonchev–Trinajstić information content (AvgIpc) is 2.68. The van der Waals surface area contributed by atoms with Gasteiger partial charge in [0, 0.05) is 18.8 Å². The number of hydrogen-bond donors (Lipinski definition) is 0. The quantitative estimate of drug-likeness (QED) is 0.540. The van der Waals surface area contributed by atoms with E-state index in [1.165, 1.54) is 63.6 Å². The van der Waals surface area contributed by atoms with Crippen LogP contribution < -0.4 is 0 Å². The molecule has 0 saturated heterocycles. The highest BCUT2D eigenvalue weighted by molar-refractivity contribution is 5.00. The van der Waals surface area contributed by atoms with E-state index >= 15 is 0 Å². The van der Waals surface area contributed by atoms with Crippen molar-refractivity contribution in [2.45, 2.75) is 79.1 Å². The molecule has 0 aromatic carbocycles. The van der Waals surface area contributed by atoms with Gasteiger partial charge in [0.05, 0.1) is 0 Å². The lowest BCUT2D eigenvalue weighted by Gasteiger charge is -2.33. The molecule has 1 fully saturated rings. The number of hydrogen-bond acceptors (Lipinski definition) is 1. The van der Waals surface area contributed by atoms with Gasteiger partial charge in [-0.05, 0) is 37.5 Å². The van der Waals surface area contributed by atoms with E-state index in [-0.39, 0.29) is 0 Å². The highest BCUT2D eigenvalue weighted by atomic mass is 15.1. The summed E-state index contributed by atoms with van der Waals surface area (Å²) in [6.07, 6.45) is 10.9. The monoisotopic (exact) mass is 265 g/mol. The minimum Gasteiger partial charge on any atom is -0.375 e. The van der Waals surface area contributed by atoms with E-state index in [0.29, 0.717) is 5.41 Å². The normalized spacial score (nSPS) is 18.1. The van der Waals surface area contributed by atoms with Gasteiger partial charge < -0.3 is 4.90 Å². The maximum atomic E-state index is 4.44. The van der Waals surface area contributed by atoms with E-state index in [1.54, 1.807) is 0 Å². The van der Waals surface area contributed by atoms with Crippen molar-refractivity contribution in [3.8, 4) is 0 Å². The number of nitrogens with zero attached hydrogens (tertiary/aromatic N) is 1. The molecule has 0 unspecified atom stereocenters. The molecule has 0 N–H and O–H groups in total. The minimum atomic E-state index is 0.469. The van der Waals surface area contributed by atoms with E-state index in [1.807, 2.05) is 0 Å². The topological polar surface area (TPSA) is 3.24 Å². The van der Waals surface area contributed by atoms with Crippen molar-refractivity contribution in [2.24, 2.45) is 11.3 Å². The SMILES string of the molecule is C=C(C1CCCCCC1)N(CC)CCC(C)(C)CC. The number of allylic oxidation sites excluding steroid dienone is 1. The van der Waals surface area contributed by atoms with Crippen molar-refractivity contribution in [1.29, 1.82) is 0 Å². The van der Waals surface area contributed by atoms with Crippen LogP contribution in [-0.2, 0) is 0 Å². The standard InChI is InChI=1S/C18H35N/c1-6-18(4,5)14-15-19(7-2)16(3)17-12-10-8-9-11-13-17/h17H,3,6-15H2,1-2,4-5H3. The summed E-state index contributed by atoms with van der Waals surface area (Å²) < 4.78 is 0. The molecule has 0 atom stereocenters. The maximum absolute atomic E-state index is 4.44. The second-order valence-corrected chi connectivity index (χ2v) is 7.03. The van der Waals surface area contributed by atoms with Crippen LogP contribution in [0.25, 0.3) is 0 Å². The first-order chi connectivity index (χ1) is 9.00. The van der Waals surface area contributed by atoms with Gasteiger partial charge in [-0.2, -0.15) is 0 Å². The molecular weight excluding hydrogens is 230 g/mol. The van der Waals surface area contributed by atoms with Gasteiger partial charge in [-0.1, -0.05) is 59.5 Å². The molecule has 1 rings (SSSR count). The third-order valence-electron chi connectivity index (χ3n) is 5.13. The van der Waals surface area contributed by atoms with E-state index in [0.717, 1.165) is 12.5 Å². The summed E-state index contributed by atoms with van der Waals surface area (Å²) in [4.78, 5) is 2.55. The van der Waals surface area contributed by atoms with Crippen LogP contribution in [0.1, 0.15) is 79.1 Å². The molecule has 1 nitrogen and oxygen atoms in total. The average molecular weight is 265 g/mol. The zero-order chi connectivity index (χ0) is 14.3. The van der Waals surface area contributed by atoms with E-state index in [4.69, 9.17) is 0 Å². The van der Waals surface area contributed by atoms with Crippen LogP contribution in [-0.4, -0.2) is 18.0 Å². The fourth-order valence-electron chi connectivity index (χ4n) is 2.99. The Labute approximate surface area is 121 Å². The van der Waals surface area contributed by atoms with Gasteiger partial charge in [0.1, 0.15) is 0 Å². The highest BCUT2D eigenvalue weighted by Crippen LogP contribution is 2.31. The molecule has 1 aliphatic rings. The largest absolute Gasteiger partial charge is 0.375 e. The summed E-state index contributed by atoms with van der Waals surface area (Å²) in [5, 5.41) is 0. The molecule has 1 heteroatoms. The van der Waals surface area contributed by atoms with Crippen LogP contribution in [0.15, 0.2) is 12.3 Å². The minimum absolute atomic E-state index is 0.469. The van der Waals surface area contributed by atoms with Crippen LogP contribution in [0.2, 0.25) is 0 Å². The molecule has 112 valence electrons. The first-order valence-electron chi connectivity index (χ1n) is 8.44. The molecule has 1 saturated carbocycles. The Morgan fingerprint density at radius 2 is 1.68 bits per heavy atom. The van der Waals surface area contributed by atoms with Gasteiger partial charge in [-0.25, -0.2) is 0 Å². The van der Waals surface area contributed by atoms with E-state index < -0.39 is 0 Å². The Morgan fingerprint density at radius 1 is 1.11 bits per heavy atom. The lowest BCUT2D eigenvalue weighted by atomic mass is 9.86. The Balaban J connectivity index is 2.50. The van der Waals surface area contributed by atoms with Crippen LogP contribution in [0.4, 0.5) is 0 Å². The third-order valence-corrected chi connectivity index (χ3v) is 5.13. The van der Waals surface area contributed by atoms with Crippen LogP contribution in [0, 0.1) is 11.3 Å². The van der Waals surface area contributed by atoms with Crippen LogP contribution in [0.5, 0.6) is 0 Å². The molecular formula is C18H35N. The molecule has 0 amide bonds. The summed E-state index contributed by atoms with van der Waals surface area (Å²) >= 11 is 0. The van der Waals surface area contributed by atoms with Gasteiger partial charge in [0.25, 0.3) is 0 Å². The van der Waals surface area contributed by atoms with Crippen molar-refractivity contribution in [3.05, 3.63) is 12.3 Å². The Morgan fingerprint density at radius 3 is 2.16 bits per heavy atom. The fraction of sp³-hybridized carbons (Fsp3) is 0.889. The first-order valence-corrected chi connectivity index (χ1v) is 8.44. The molecule has 1 aliphatic carbocycles. The number of rotatable bonds is 7. The van der Waals surface area contributed by atoms with Crippen LogP contribution >= 0.6 is 0 Å². The van der Waals surface area contributed by atoms with Gasteiger partial charge >= 0.3 is 0 Å². The molecule has 19 heavy (non-hydrogen) atoms. The van der Waals surface area contributed by atoms with Gasteiger partial charge in [-0.15, -0.1) is 0 Å². The molecule has 0 aromatic heterocycles. The third kappa shape index (κ3) is 5.58. The lowest BCUT2D eigenvalue weighted by Crippen LogP contribution is -2.30. The summed E-state index contributed by atoms with van der Waals surface area (Å²) in [5.74, 6) is 0.757.